The minimum absolute atomic E-state index is 0.0472. The first-order chi connectivity index (χ1) is 11.7. The van der Waals surface area contributed by atoms with Crippen LogP contribution in [-0.4, -0.2) is 20.4 Å². The zero-order valence-corrected chi connectivity index (χ0v) is 15.9. The van der Waals surface area contributed by atoms with Gasteiger partial charge in [-0.3, -0.25) is 9.52 Å². The lowest BCUT2D eigenvalue weighted by molar-refractivity contribution is 0.0939. The maximum Gasteiger partial charge on any atom is 0.261 e. The van der Waals surface area contributed by atoms with Gasteiger partial charge in [0.05, 0.1) is 15.6 Å². The third-order valence-electron chi connectivity index (χ3n) is 3.80. The van der Waals surface area contributed by atoms with Crippen molar-refractivity contribution in [2.75, 3.05) is 4.72 Å². The zero-order chi connectivity index (χ0) is 18.6. The normalized spacial score (nSPS) is 12.5. The average Bonchev–Trinajstić information content (AvgIpc) is 2.56. The van der Waals surface area contributed by atoms with E-state index in [-0.39, 0.29) is 27.6 Å². The minimum Gasteiger partial charge on any atom is -0.350 e. The van der Waals surface area contributed by atoms with Crippen LogP contribution in [0.25, 0.3) is 0 Å². The maximum atomic E-state index is 12.4. The Labute approximate surface area is 153 Å². The third kappa shape index (κ3) is 4.96. The smallest absolute Gasteiger partial charge is 0.261 e. The van der Waals surface area contributed by atoms with Crippen molar-refractivity contribution in [3.63, 3.8) is 0 Å². The highest BCUT2D eigenvalue weighted by Crippen LogP contribution is 2.26. The second-order valence-corrected chi connectivity index (χ2v) is 7.99. The van der Waals surface area contributed by atoms with Crippen LogP contribution in [0.1, 0.15) is 36.2 Å². The van der Waals surface area contributed by atoms with Crippen LogP contribution in [0.5, 0.6) is 0 Å². The largest absolute Gasteiger partial charge is 0.350 e. The molecule has 0 fully saturated rings. The number of carbonyl (C=O) groups is 1. The van der Waals surface area contributed by atoms with Crippen LogP contribution >= 0.6 is 11.6 Å². The van der Waals surface area contributed by atoms with Crippen LogP contribution in [0.3, 0.4) is 0 Å². The SMILES string of the molecule is CCC(C)NC(=O)c1ccc(NS(=O)(=O)c2ccc(C)cc2)c(Cl)c1. The molecule has 0 saturated carbocycles. The molecule has 0 aliphatic heterocycles. The quantitative estimate of drug-likeness (QED) is 0.795. The number of nitrogens with one attached hydrogen (secondary N) is 2. The number of benzene rings is 2. The van der Waals surface area contributed by atoms with Crippen molar-refractivity contribution in [1.82, 2.24) is 5.32 Å². The van der Waals surface area contributed by atoms with E-state index in [2.05, 4.69) is 10.0 Å². The molecule has 0 heterocycles. The van der Waals surface area contributed by atoms with Crippen molar-refractivity contribution >= 4 is 33.2 Å². The van der Waals surface area contributed by atoms with Gasteiger partial charge < -0.3 is 5.32 Å². The molecule has 0 radical (unpaired) electrons. The Morgan fingerprint density at radius 3 is 2.36 bits per heavy atom. The highest BCUT2D eigenvalue weighted by Gasteiger charge is 2.17. The Morgan fingerprint density at radius 1 is 1.16 bits per heavy atom. The lowest BCUT2D eigenvalue weighted by Crippen LogP contribution is -2.31. The van der Waals surface area contributed by atoms with Crippen molar-refractivity contribution in [2.24, 2.45) is 0 Å². The molecule has 1 atom stereocenters. The summed E-state index contributed by atoms with van der Waals surface area (Å²) in [6.45, 7) is 5.76. The fourth-order valence-electron chi connectivity index (χ4n) is 2.07. The Kier molecular flexibility index (Phi) is 6.08. The van der Waals surface area contributed by atoms with Crippen LogP contribution in [0.2, 0.25) is 5.02 Å². The number of halogens is 1. The number of anilines is 1. The van der Waals surface area contributed by atoms with E-state index in [9.17, 15) is 13.2 Å². The first kappa shape index (κ1) is 19.3. The van der Waals surface area contributed by atoms with Gasteiger partial charge >= 0.3 is 0 Å². The molecule has 25 heavy (non-hydrogen) atoms. The summed E-state index contributed by atoms with van der Waals surface area (Å²) in [5, 5.41) is 3.00. The van der Waals surface area contributed by atoms with Gasteiger partial charge in [-0.1, -0.05) is 36.2 Å². The first-order valence-electron chi connectivity index (χ1n) is 7.93. The highest BCUT2D eigenvalue weighted by atomic mass is 35.5. The number of aryl methyl sites for hydroxylation is 1. The van der Waals surface area contributed by atoms with Gasteiger partial charge in [0.2, 0.25) is 0 Å². The minimum atomic E-state index is -3.74. The van der Waals surface area contributed by atoms with Crippen molar-refractivity contribution in [1.29, 1.82) is 0 Å². The Balaban J connectivity index is 2.21. The van der Waals surface area contributed by atoms with E-state index in [1.54, 1.807) is 12.1 Å². The number of rotatable bonds is 6. The van der Waals surface area contributed by atoms with Gasteiger partial charge in [-0.25, -0.2) is 8.42 Å². The molecule has 134 valence electrons. The number of sulfonamides is 1. The van der Waals surface area contributed by atoms with Crippen molar-refractivity contribution in [3.05, 3.63) is 58.6 Å². The molecule has 0 aliphatic carbocycles. The summed E-state index contributed by atoms with van der Waals surface area (Å²) in [7, 11) is -3.74. The molecule has 2 aromatic rings. The van der Waals surface area contributed by atoms with E-state index in [4.69, 9.17) is 11.6 Å². The fraction of sp³-hybridized carbons (Fsp3) is 0.278. The molecule has 7 heteroatoms. The molecule has 0 saturated heterocycles. The Bertz CT molecular complexity index is 864. The van der Waals surface area contributed by atoms with E-state index >= 15 is 0 Å². The monoisotopic (exact) mass is 380 g/mol. The van der Waals surface area contributed by atoms with Crippen molar-refractivity contribution in [3.8, 4) is 0 Å². The highest BCUT2D eigenvalue weighted by molar-refractivity contribution is 7.92. The van der Waals surface area contributed by atoms with Gasteiger partial charge in [0, 0.05) is 11.6 Å². The second-order valence-electron chi connectivity index (χ2n) is 5.90. The molecule has 2 aromatic carbocycles. The van der Waals surface area contributed by atoms with Crippen LogP contribution in [0.15, 0.2) is 47.4 Å². The lowest BCUT2D eigenvalue weighted by atomic mass is 10.1. The number of hydrogen-bond acceptors (Lipinski definition) is 3. The molecule has 5 nitrogen and oxygen atoms in total. The molecule has 0 bridgehead atoms. The van der Waals surface area contributed by atoms with Crippen LogP contribution in [0.4, 0.5) is 5.69 Å². The van der Waals surface area contributed by atoms with E-state index < -0.39 is 10.0 Å². The summed E-state index contributed by atoms with van der Waals surface area (Å²) in [4.78, 5) is 12.3. The summed E-state index contributed by atoms with van der Waals surface area (Å²) in [5.74, 6) is -0.246. The van der Waals surface area contributed by atoms with Gasteiger partial charge in [-0.2, -0.15) is 0 Å². The van der Waals surface area contributed by atoms with Gasteiger partial charge in [-0.05, 0) is 50.6 Å². The molecule has 2 rings (SSSR count). The maximum absolute atomic E-state index is 12.4. The summed E-state index contributed by atoms with van der Waals surface area (Å²) in [6.07, 6.45) is 0.813. The fourth-order valence-corrected chi connectivity index (χ4v) is 3.43. The zero-order valence-electron chi connectivity index (χ0n) is 14.3. The predicted molar refractivity (Wildman–Crippen MR) is 101 cm³/mol. The Hall–Kier alpha value is -2.05. The van der Waals surface area contributed by atoms with Gasteiger partial charge in [-0.15, -0.1) is 0 Å². The second kappa shape index (κ2) is 7.89. The summed E-state index contributed by atoms with van der Waals surface area (Å²) in [5.41, 5.74) is 1.57. The van der Waals surface area contributed by atoms with Crippen LogP contribution in [0, 0.1) is 6.92 Å². The molecular weight excluding hydrogens is 360 g/mol. The number of amides is 1. The van der Waals surface area contributed by atoms with Crippen molar-refractivity contribution in [2.45, 2.75) is 38.1 Å². The van der Waals surface area contributed by atoms with E-state index in [0.717, 1.165) is 12.0 Å². The van der Waals surface area contributed by atoms with Crippen molar-refractivity contribution < 1.29 is 13.2 Å². The lowest BCUT2D eigenvalue weighted by Gasteiger charge is -2.13. The van der Waals surface area contributed by atoms with Gasteiger partial charge in [0.1, 0.15) is 0 Å². The van der Waals surface area contributed by atoms with Crippen LogP contribution in [-0.2, 0) is 10.0 Å². The third-order valence-corrected chi connectivity index (χ3v) is 5.49. The first-order valence-corrected chi connectivity index (χ1v) is 9.79. The van der Waals surface area contributed by atoms with E-state index in [0.29, 0.717) is 5.56 Å². The van der Waals surface area contributed by atoms with Crippen LogP contribution < -0.4 is 10.0 Å². The average molecular weight is 381 g/mol. The molecule has 0 aromatic heterocycles. The molecule has 1 unspecified atom stereocenters. The number of carbonyl (C=O) groups excluding carboxylic acids is 1. The summed E-state index contributed by atoms with van der Waals surface area (Å²) >= 11 is 6.16. The number of hydrogen-bond donors (Lipinski definition) is 2. The molecule has 0 aliphatic rings. The summed E-state index contributed by atoms with van der Waals surface area (Å²) < 4.78 is 27.3. The molecule has 0 spiro atoms. The predicted octanol–water partition coefficient (Wildman–Crippen LogP) is 3.98. The molecular formula is C18H21ClN2O3S. The molecule has 1 amide bonds. The van der Waals surface area contributed by atoms with E-state index in [1.807, 2.05) is 20.8 Å². The standard InChI is InChI=1S/C18H21ClN2O3S/c1-4-13(3)20-18(22)14-7-10-17(16(19)11-14)21-25(23,24)15-8-5-12(2)6-9-15/h5-11,13,21H,4H2,1-3H3,(H,20,22). The summed E-state index contributed by atoms with van der Waals surface area (Å²) in [6, 6.07) is 11.0. The van der Waals surface area contributed by atoms with E-state index in [1.165, 1.54) is 30.3 Å². The van der Waals surface area contributed by atoms with Gasteiger partial charge in [0.25, 0.3) is 15.9 Å². The van der Waals surface area contributed by atoms with Gasteiger partial charge in [0.15, 0.2) is 0 Å². The molecule has 2 N–H and O–H groups in total. The Morgan fingerprint density at radius 2 is 1.80 bits per heavy atom. The topological polar surface area (TPSA) is 75.3 Å².